The maximum Gasteiger partial charge on any atom is 0.231 e. The topological polar surface area (TPSA) is 73.6 Å². The summed E-state index contributed by atoms with van der Waals surface area (Å²) in [7, 11) is 0. The van der Waals surface area contributed by atoms with E-state index in [0.29, 0.717) is 39.6 Å². The van der Waals surface area contributed by atoms with Gasteiger partial charge in [-0.15, -0.1) is 0 Å². The number of hydrogen-bond donors (Lipinski definition) is 1. The molecule has 0 unspecified atom stereocenters. The fraction of sp³-hybridized carbons (Fsp3) is 0.158. The molecule has 7 heteroatoms. The number of ether oxygens (including phenoxy) is 2. The third kappa shape index (κ3) is 3.36. The van der Waals surface area contributed by atoms with E-state index in [1.54, 1.807) is 37.3 Å². The van der Waals surface area contributed by atoms with Gasteiger partial charge in [-0.25, -0.2) is 4.98 Å². The number of amides is 1. The van der Waals surface area contributed by atoms with Crippen molar-refractivity contribution in [3.8, 4) is 23.0 Å². The van der Waals surface area contributed by atoms with E-state index in [1.807, 2.05) is 12.1 Å². The van der Waals surface area contributed by atoms with E-state index < -0.39 is 0 Å². The van der Waals surface area contributed by atoms with E-state index in [0.717, 1.165) is 5.56 Å². The molecule has 1 aromatic heterocycles. The molecule has 0 radical (unpaired) electrons. The first-order valence-corrected chi connectivity index (χ1v) is 8.38. The molecule has 4 rings (SSSR count). The van der Waals surface area contributed by atoms with Crippen LogP contribution in [-0.2, 0) is 11.2 Å². The number of halogens is 1. The van der Waals surface area contributed by atoms with Gasteiger partial charge in [-0.1, -0.05) is 11.6 Å². The van der Waals surface area contributed by atoms with Crippen molar-refractivity contribution in [2.75, 3.05) is 12.1 Å². The van der Waals surface area contributed by atoms with Crippen molar-refractivity contribution in [1.29, 1.82) is 0 Å². The lowest BCUT2D eigenvalue weighted by molar-refractivity contribution is -0.115. The van der Waals surface area contributed by atoms with Gasteiger partial charge in [0, 0.05) is 22.3 Å². The fourth-order valence-corrected chi connectivity index (χ4v) is 2.77. The van der Waals surface area contributed by atoms with E-state index in [-0.39, 0.29) is 19.1 Å². The van der Waals surface area contributed by atoms with E-state index in [4.69, 9.17) is 25.5 Å². The zero-order chi connectivity index (χ0) is 18.1. The lowest BCUT2D eigenvalue weighted by atomic mass is 10.2. The highest BCUT2D eigenvalue weighted by atomic mass is 35.5. The highest BCUT2D eigenvalue weighted by Gasteiger charge is 2.17. The molecule has 0 bridgehead atoms. The number of anilines is 1. The summed E-state index contributed by atoms with van der Waals surface area (Å²) in [6.45, 7) is 1.98. The Kier molecular flexibility index (Phi) is 4.26. The lowest BCUT2D eigenvalue weighted by Gasteiger charge is -2.05. The zero-order valence-corrected chi connectivity index (χ0v) is 14.7. The predicted octanol–water partition coefficient (Wildman–Crippen LogP) is 4.21. The van der Waals surface area contributed by atoms with Crippen LogP contribution in [0.3, 0.4) is 0 Å². The number of aromatic nitrogens is 1. The van der Waals surface area contributed by atoms with Gasteiger partial charge < -0.3 is 19.2 Å². The number of oxazole rings is 1. The Morgan fingerprint density at radius 2 is 1.92 bits per heavy atom. The van der Waals surface area contributed by atoms with Gasteiger partial charge in [-0.3, -0.25) is 4.79 Å². The normalized spacial score (nSPS) is 12.2. The van der Waals surface area contributed by atoms with Crippen LogP contribution in [0.1, 0.15) is 11.5 Å². The number of aryl methyl sites for hydroxylation is 1. The summed E-state index contributed by atoms with van der Waals surface area (Å²) in [5, 5.41) is 3.47. The second-order valence-corrected chi connectivity index (χ2v) is 6.26. The molecular weight excluding hydrogens is 356 g/mol. The van der Waals surface area contributed by atoms with Crippen LogP contribution in [-0.4, -0.2) is 17.7 Å². The van der Waals surface area contributed by atoms with Crippen LogP contribution in [0.2, 0.25) is 5.02 Å². The Morgan fingerprint density at radius 1 is 1.15 bits per heavy atom. The van der Waals surface area contributed by atoms with Gasteiger partial charge in [-0.05, 0) is 43.3 Å². The van der Waals surface area contributed by atoms with Crippen LogP contribution in [0.4, 0.5) is 5.69 Å². The number of rotatable bonds is 4. The van der Waals surface area contributed by atoms with E-state index in [9.17, 15) is 4.79 Å². The SMILES string of the molecule is Cc1oc(-c2ccc(Cl)cc2)nc1CC(=O)Nc1ccc2c(c1)OCO2. The molecule has 1 amide bonds. The number of fused-ring (bicyclic) bond motifs is 1. The van der Waals surface area contributed by atoms with Crippen LogP contribution >= 0.6 is 11.6 Å². The molecule has 0 spiro atoms. The standard InChI is InChI=1S/C19H15ClN2O4/c1-11-15(22-19(26-11)12-2-4-13(20)5-3-12)9-18(23)21-14-6-7-16-17(8-14)25-10-24-16/h2-8H,9-10H2,1H3,(H,21,23). The zero-order valence-electron chi connectivity index (χ0n) is 13.9. The molecule has 1 aliphatic heterocycles. The van der Waals surface area contributed by atoms with Crippen LogP contribution in [0.25, 0.3) is 11.5 Å². The molecule has 0 fully saturated rings. The molecule has 6 nitrogen and oxygen atoms in total. The quantitative estimate of drug-likeness (QED) is 0.744. The first kappa shape index (κ1) is 16.5. The van der Waals surface area contributed by atoms with E-state index >= 15 is 0 Å². The Morgan fingerprint density at radius 3 is 2.73 bits per heavy atom. The molecular formula is C19H15ClN2O4. The van der Waals surface area contributed by atoms with E-state index in [1.165, 1.54) is 0 Å². The third-order valence-corrected chi connectivity index (χ3v) is 4.22. The average molecular weight is 371 g/mol. The van der Waals surface area contributed by atoms with Gasteiger partial charge in [-0.2, -0.15) is 0 Å². The summed E-state index contributed by atoms with van der Waals surface area (Å²) in [6.07, 6.45) is 0.108. The summed E-state index contributed by atoms with van der Waals surface area (Å²) >= 11 is 5.90. The predicted molar refractivity (Wildman–Crippen MR) is 96.6 cm³/mol. The molecule has 132 valence electrons. The number of nitrogens with one attached hydrogen (secondary N) is 1. The molecule has 0 saturated heterocycles. The Labute approximate surface area is 154 Å². The van der Waals surface area contributed by atoms with Crippen molar-refractivity contribution < 1.29 is 18.7 Å². The average Bonchev–Trinajstić information content (AvgIpc) is 3.22. The van der Waals surface area contributed by atoms with Crippen molar-refractivity contribution in [3.05, 3.63) is 58.9 Å². The Hall–Kier alpha value is -2.99. The van der Waals surface area contributed by atoms with Crippen molar-refractivity contribution >= 4 is 23.2 Å². The molecule has 1 aliphatic rings. The van der Waals surface area contributed by atoms with Crippen LogP contribution in [0, 0.1) is 6.92 Å². The summed E-state index contributed by atoms with van der Waals surface area (Å²) in [5.41, 5.74) is 2.03. The van der Waals surface area contributed by atoms with Crippen LogP contribution in [0.15, 0.2) is 46.9 Å². The van der Waals surface area contributed by atoms with Crippen LogP contribution in [0.5, 0.6) is 11.5 Å². The lowest BCUT2D eigenvalue weighted by Crippen LogP contribution is -2.15. The number of hydrogen-bond acceptors (Lipinski definition) is 5. The fourth-order valence-electron chi connectivity index (χ4n) is 2.64. The molecule has 26 heavy (non-hydrogen) atoms. The Bertz CT molecular complexity index is 966. The number of carbonyl (C=O) groups is 1. The molecule has 3 aromatic rings. The minimum atomic E-state index is -0.192. The molecule has 0 aliphatic carbocycles. The summed E-state index contributed by atoms with van der Waals surface area (Å²) in [6, 6.07) is 12.4. The summed E-state index contributed by atoms with van der Waals surface area (Å²) in [5.74, 6) is 2.16. The molecule has 0 atom stereocenters. The Balaban J connectivity index is 1.47. The van der Waals surface area contributed by atoms with Crippen molar-refractivity contribution in [3.63, 3.8) is 0 Å². The maximum atomic E-state index is 12.3. The summed E-state index contributed by atoms with van der Waals surface area (Å²) in [4.78, 5) is 16.8. The second-order valence-electron chi connectivity index (χ2n) is 5.82. The van der Waals surface area contributed by atoms with Crippen molar-refractivity contribution in [2.24, 2.45) is 0 Å². The monoisotopic (exact) mass is 370 g/mol. The third-order valence-electron chi connectivity index (χ3n) is 3.97. The highest BCUT2D eigenvalue weighted by molar-refractivity contribution is 6.30. The van der Waals surface area contributed by atoms with Crippen molar-refractivity contribution in [2.45, 2.75) is 13.3 Å². The van der Waals surface area contributed by atoms with Gasteiger partial charge in [0.15, 0.2) is 11.5 Å². The maximum absolute atomic E-state index is 12.3. The number of carbonyl (C=O) groups excluding carboxylic acids is 1. The van der Waals surface area contributed by atoms with Gasteiger partial charge in [0.05, 0.1) is 12.1 Å². The first-order chi connectivity index (χ1) is 12.6. The smallest absolute Gasteiger partial charge is 0.231 e. The summed E-state index contributed by atoms with van der Waals surface area (Å²) < 4.78 is 16.2. The van der Waals surface area contributed by atoms with Gasteiger partial charge in [0.1, 0.15) is 5.76 Å². The molecule has 2 heterocycles. The number of benzene rings is 2. The molecule has 1 N–H and O–H groups in total. The molecule has 0 saturated carbocycles. The van der Waals surface area contributed by atoms with E-state index in [2.05, 4.69) is 10.3 Å². The van der Waals surface area contributed by atoms with Gasteiger partial charge >= 0.3 is 0 Å². The molecule has 2 aromatic carbocycles. The van der Waals surface area contributed by atoms with Gasteiger partial charge in [0.2, 0.25) is 18.6 Å². The van der Waals surface area contributed by atoms with Crippen molar-refractivity contribution in [1.82, 2.24) is 4.98 Å². The second kappa shape index (κ2) is 6.72. The highest BCUT2D eigenvalue weighted by Crippen LogP contribution is 2.34. The largest absolute Gasteiger partial charge is 0.454 e. The first-order valence-electron chi connectivity index (χ1n) is 8.00. The minimum Gasteiger partial charge on any atom is -0.454 e. The van der Waals surface area contributed by atoms with Gasteiger partial charge in [0.25, 0.3) is 0 Å². The number of nitrogens with zero attached hydrogens (tertiary/aromatic N) is 1. The minimum absolute atomic E-state index is 0.108. The van der Waals surface area contributed by atoms with Crippen LogP contribution < -0.4 is 14.8 Å².